The molecule has 0 fully saturated rings. The van der Waals surface area contributed by atoms with Crippen LogP contribution in [-0.2, 0) is 12.8 Å². The number of anilines is 1. The first-order valence-electron chi connectivity index (χ1n) is 9.14. The first kappa shape index (κ1) is 19.0. The number of fused-ring (bicyclic) bond motifs is 1. The van der Waals surface area contributed by atoms with E-state index in [4.69, 9.17) is 11.6 Å². The summed E-state index contributed by atoms with van der Waals surface area (Å²) in [6.07, 6.45) is 1.71. The van der Waals surface area contributed by atoms with Crippen molar-refractivity contribution in [3.8, 4) is 0 Å². The summed E-state index contributed by atoms with van der Waals surface area (Å²) in [5.74, 6) is -0.804. The summed E-state index contributed by atoms with van der Waals surface area (Å²) in [7, 11) is 0. The number of aromatic carboxylic acids is 1. The summed E-state index contributed by atoms with van der Waals surface area (Å²) in [4.78, 5) is 12.0. The Hall–Kier alpha value is -2.34. The molecule has 0 aliphatic heterocycles. The summed E-state index contributed by atoms with van der Waals surface area (Å²) in [5, 5.41) is 26.3. The number of carboxylic acids is 1. The van der Waals surface area contributed by atoms with Gasteiger partial charge in [0, 0.05) is 10.6 Å². The van der Waals surface area contributed by atoms with E-state index in [2.05, 4.69) is 17.4 Å². The van der Waals surface area contributed by atoms with Gasteiger partial charge >= 0.3 is 5.97 Å². The van der Waals surface area contributed by atoms with Crippen molar-refractivity contribution in [3.63, 3.8) is 0 Å². The van der Waals surface area contributed by atoms with Crippen molar-refractivity contribution in [2.45, 2.75) is 31.4 Å². The minimum Gasteiger partial charge on any atom is -0.478 e. The lowest BCUT2D eigenvalue weighted by Gasteiger charge is -2.25. The quantitative estimate of drug-likeness (QED) is 0.485. The van der Waals surface area contributed by atoms with Crippen LogP contribution in [-0.4, -0.2) is 16.2 Å². The fourth-order valence-corrected chi connectivity index (χ4v) is 5.00. The summed E-state index contributed by atoms with van der Waals surface area (Å²) in [5.41, 5.74) is 4.38. The third-order valence-corrected chi connectivity index (χ3v) is 6.46. The van der Waals surface area contributed by atoms with Gasteiger partial charge in [-0.1, -0.05) is 48.0 Å². The first-order valence-corrected chi connectivity index (χ1v) is 10.4. The van der Waals surface area contributed by atoms with Gasteiger partial charge in [0.15, 0.2) is 6.23 Å². The number of carboxylic acid groups (broad SMARTS) is 1. The SMILES string of the molecule is O=C(O)c1c(C2CCc3ccccc3C2)csc1NC(O)c1ccc(Cl)cc1. The Balaban J connectivity index is 1.60. The van der Waals surface area contributed by atoms with Crippen LogP contribution in [0.15, 0.2) is 53.9 Å². The van der Waals surface area contributed by atoms with Crippen LogP contribution in [0.4, 0.5) is 5.00 Å². The molecule has 0 saturated carbocycles. The van der Waals surface area contributed by atoms with Gasteiger partial charge in [-0.15, -0.1) is 11.3 Å². The van der Waals surface area contributed by atoms with Gasteiger partial charge in [0.2, 0.25) is 0 Å². The number of thiophene rings is 1. The van der Waals surface area contributed by atoms with Gasteiger partial charge in [-0.05, 0) is 59.4 Å². The second-order valence-electron chi connectivity index (χ2n) is 7.01. The molecule has 1 aromatic heterocycles. The highest BCUT2D eigenvalue weighted by Gasteiger charge is 2.28. The van der Waals surface area contributed by atoms with E-state index in [1.165, 1.54) is 22.5 Å². The van der Waals surface area contributed by atoms with E-state index < -0.39 is 12.2 Å². The van der Waals surface area contributed by atoms with Gasteiger partial charge in [-0.25, -0.2) is 4.79 Å². The summed E-state index contributed by atoms with van der Waals surface area (Å²) >= 11 is 7.22. The van der Waals surface area contributed by atoms with E-state index in [9.17, 15) is 15.0 Å². The fourth-order valence-electron chi connectivity index (χ4n) is 3.81. The Labute approximate surface area is 172 Å². The van der Waals surface area contributed by atoms with Gasteiger partial charge in [-0.3, -0.25) is 0 Å². The van der Waals surface area contributed by atoms with Crippen molar-refractivity contribution in [1.82, 2.24) is 0 Å². The summed E-state index contributed by atoms with van der Waals surface area (Å²) < 4.78 is 0. The molecule has 1 heterocycles. The lowest BCUT2D eigenvalue weighted by Crippen LogP contribution is -2.16. The van der Waals surface area contributed by atoms with Gasteiger partial charge in [0.25, 0.3) is 0 Å². The van der Waals surface area contributed by atoms with Crippen LogP contribution in [0.1, 0.15) is 51.2 Å². The molecular weight excluding hydrogens is 394 g/mol. The predicted molar refractivity (Wildman–Crippen MR) is 113 cm³/mol. The van der Waals surface area contributed by atoms with E-state index in [0.29, 0.717) is 15.6 Å². The number of benzene rings is 2. The molecule has 2 aromatic carbocycles. The van der Waals surface area contributed by atoms with Gasteiger partial charge < -0.3 is 15.5 Å². The van der Waals surface area contributed by atoms with E-state index in [1.54, 1.807) is 24.3 Å². The third-order valence-electron chi connectivity index (χ3n) is 5.27. The lowest BCUT2D eigenvalue weighted by molar-refractivity contribution is 0.0696. The molecule has 0 amide bonds. The Kier molecular flexibility index (Phi) is 5.40. The Morgan fingerprint density at radius 3 is 2.57 bits per heavy atom. The molecule has 1 aliphatic rings. The lowest BCUT2D eigenvalue weighted by atomic mass is 9.80. The number of hydrogen-bond acceptors (Lipinski definition) is 4. The highest BCUT2D eigenvalue weighted by atomic mass is 35.5. The van der Waals surface area contributed by atoms with Crippen LogP contribution in [0.25, 0.3) is 0 Å². The zero-order chi connectivity index (χ0) is 19.7. The van der Waals surface area contributed by atoms with Gasteiger partial charge in [-0.2, -0.15) is 0 Å². The summed E-state index contributed by atoms with van der Waals surface area (Å²) in [6, 6.07) is 15.2. The standard InChI is InChI=1S/C22H20ClNO3S/c23-17-9-7-14(8-10-17)20(25)24-21-19(22(26)27)18(12-28-21)16-6-5-13-3-1-2-4-15(13)11-16/h1-4,7-10,12,16,20,24-25H,5-6,11H2,(H,26,27). The number of aliphatic hydroxyl groups is 1. The molecule has 28 heavy (non-hydrogen) atoms. The molecule has 144 valence electrons. The number of halogens is 1. The largest absolute Gasteiger partial charge is 0.478 e. The van der Waals surface area contributed by atoms with Crippen LogP contribution in [0, 0.1) is 0 Å². The minimum absolute atomic E-state index is 0.167. The van der Waals surface area contributed by atoms with Crippen molar-refractivity contribution < 1.29 is 15.0 Å². The monoisotopic (exact) mass is 413 g/mol. The van der Waals surface area contributed by atoms with Gasteiger partial charge in [0.05, 0.1) is 5.56 Å². The van der Waals surface area contributed by atoms with Crippen molar-refractivity contribution in [3.05, 3.63) is 86.8 Å². The molecule has 0 bridgehead atoms. The Morgan fingerprint density at radius 2 is 1.86 bits per heavy atom. The molecule has 3 aromatic rings. The van der Waals surface area contributed by atoms with Crippen molar-refractivity contribution in [2.24, 2.45) is 0 Å². The van der Waals surface area contributed by atoms with E-state index >= 15 is 0 Å². The molecule has 2 atom stereocenters. The van der Waals surface area contributed by atoms with Crippen LogP contribution >= 0.6 is 22.9 Å². The van der Waals surface area contributed by atoms with Crippen LogP contribution < -0.4 is 5.32 Å². The van der Waals surface area contributed by atoms with Gasteiger partial charge in [0.1, 0.15) is 5.00 Å². The molecule has 0 spiro atoms. The zero-order valence-corrected chi connectivity index (χ0v) is 16.6. The van der Waals surface area contributed by atoms with E-state index in [-0.39, 0.29) is 11.5 Å². The minimum atomic E-state index is -1.01. The first-order chi connectivity index (χ1) is 13.5. The molecule has 0 radical (unpaired) electrons. The Morgan fingerprint density at radius 1 is 1.14 bits per heavy atom. The van der Waals surface area contributed by atoms with E-state index in [0.717, 1.165) is 24.8 Å². The number of rotatable bonds is 5. The second kappa shape index (κ2) is 7.95. The van der Waals surface area contributed by atoms with E-state index in [1.807, 2.05) is 17.5 Å². The predicted octanol–water partition coefficient (Wildman–Crippen LogP) is 5.48. The molecule has 6 heteroatoms. The molecule has 4 nitrogen and oxygen atoms in total. The maximum atomic E-state index is 12.0. The fraction of sp³-hybridized carbons (Fsp3) is 0.227. The van der Waals surface area contributed by atoms with Crippen molar-refractivity contribution >= 4 is 33.9 Å². The maximum absolute atomic E-state index is 12.0. The number of hydrogen-bond donors (Lipinski definition) is 3. The number of nitrogens with one attached hydrogen (secondary N) is 1. The average molecular weight is 414 g/mol. The number of aliphatic hydroxyl groups excluding tert-OH is 1. The smallest absolute Gasteiger partial charge is 0.338 e. The van der Waals surface area contributed by atoms with Crippen LogP contribution in [0.5, 0.6) is 0 Å². The van der Waals surface area contributed by atoms with Crippen LogP contribution in [0.3, 0.4) is 0 Å². The van der Waals surface area contributed by atoms with Crippen molar-refractivity contribution in [1.29, 1.82) is 0 Å². The molecule has 0 saturated heterocycles. The Bertz CT molecular complexity index is 999. The highest BCUT2D eigenvalue weighted by molar-refractivity contribution is 7.14. The molecule has 3 N–H and O–H groups in total. The van der Waals surface area contributed by atoms with Crippen LogP contribution in [0.2, 0.25) is 5.02 Å². The third kappa shape index (κ3) is 3.78. The maximum Gasteiger partial charge on any atom is 0.338 e. The number of aryl methyl sites for hydroxylation is 1. The average Bonchev–Trinajstić information content (AvgIpc) is 3.12. The zero-order valence-electron chi connectivity index (χ0n) is 15.1. The second-order valence-corrected chi connectivity index (χ2v) is 8.32. The molecule has 4 rings (SSSR count). The highest BCUT2D eigenvalue weighted by Crippen LogP contribution is 2.40. The summed E-state index contributed by atoms with van der Waals surface area (Å²) in [6.45, 7) is 0. The normalized spacial score (nSPS) is 17.0. The van der Waals surface area contributed by atoms with Crippen molar-refractivity contribution in [2.75, 3.05) is 5.32 Å². The number of carbonyl (C=O) groups is 1. The topological polar surface area (TPSA) is 69.6 Å². The molecule has 1 aliphatic carbocycles. The molecule has 2 unspecified atom stereocenters. The molecular formula is C22H20ClNO3S.